The topological polar surface area (TPSA) is 60.9 Å². The highest BCUT2D eigenvalue weighted by Gasteiger charge is 2.34. The molecule has 2 atom stereocenters. The summed E-state index contributed by atoms with van der Waals surface area (Å²) in [6.45, 7) is 2.98. The minimum atomic E-state index is -0.767. The van der Waals surface area contributed by atoms with Crippen LogP contribution in [0.15, 0.2) is 24.3 Å². The van der Waals surface area contributed by atoms with Crippen molar-refractivity contribution in [3.8, 4) is 0 Å². The lowest BCUT2D eigenvalue weighted by molar-refractivity contribution is -0.140. The van der Waals surface area contributed by atoms with Crippen molar-refractivity contribution in [2.75, 3.05) is 19.6 Å². The molecule has 2 aliphatic rings. The molecule has 0 aliphatic carbocycles. The second-order valence-electron chi connectivity index (χ2n) is 7.83. The highest BCUT2D eigenvalue weighted by molar-refractivity contribution is 5.82. The van der Waals surface area contributed by atoms with Gasteiger partial charge in [-0.25, -0.2) is 4.39 Å². The van der Waals surface area contributed by atoms with E-state index >= 15 is 0 Å². The summed E-state index contributed by atoms with van der Waals surface area (Å²) in [5.41, 5.74) is 1.02. The molecule has 2 heterocycles. The SMILES string of the molecule is O=C(O)CCC1CCCN(C(=O)C2CCCCN2Cc2ccc(F)cc2)C1. The molecule has 0 saturated carbocycles. The third kappa shape index (κ3) is 5.51. The lowest BCUT2D eigenvalue weighted by atomic mass is 9.92. The van der Waals surface area contributed by atoms with Crippen LogP contribution in [0.2, 0.25) is 0 Å². The fraction of sp³-hybridized carbons (Fsp3) is 0.619. The molecule has 0 aromatic heterocycles. The van der Waals surface area contributed by atoms with Gasteiger partial charge in [0.2, 0.25) is 5.91 Å². The third-order valence-electron chi connectivity index (χ3n) is 5.79. The van der Waals surface area contributed by atoms with Crippen molar-refractivity contribution in [2.24, 2.45) is 5.92 Å². The number of likely N-dealkylation sites (tertiary alicyclic amines) is 2. The zero-order valence-electron chi connectivity index (χ0n) is 15.8. The number of piperidine rings is 2. The van der Waals surface area contributed by atoms with Crippen LogP contribution in [-0.2, 0) is 16.1 Å². The monoisotopic (exact) mass is 376 g/mol. The zero-order chi connectivity index (χ0) is 19.2. The van der Waals surface area contributed by atoms with Crippen molar-refractivity contribution >= 4 is 11.9 Å². The molecule has 5 nitrogen and oxygen atoms in total. The second kappa shape index (κ2) is 9.31. The molecule has 2 unspecified atom stereocenters. The van der Waals surface area contributed by atoms with Crippen molar-refractivity contribution < 1.29 is 19.1 Å². The van der Waals surface area contributed by atoms with Crippen molar-refractivity contribution in [1.29, 1.82) is 0 Å². The van der Waals surface area contributed by atoms with Gasteiger partial charge >= 0.3 is 5.97 Å². The Morgan fingerprint density at radius 2 is 1.85 bits per heavy atom. The van der Waals surface area contributed by atoms with Crippen LogP contribution in [-0.4, -0.2) is 52.5 Å². The highest BCUT2D eigenvalue weighted by Crippen LogP contribution is 2.26. The van der Waals surface area contributed by atoms with Gasteiger partial charge in [0.05, 0.1) is 6.04 Å². The number of halogens is 1. The van der Waals surface area contributed by atoms with E-state index in [9.17, 15) is 14.0 Å². The first-order valence-corrected chi connectivity index (χ1v) is 10.0. The van der Waals surface area contributed by atoms with E-state index in [-0.39, 0.29) is 30.1 Å². The van der Waals surface area contributed by atoms with Gasteiger partial charge in [-0.1, -0.05) is 18.6 Å². The van der Waals surface area contributed by atoms with E-state index in [2.05, 4.69) is 4.90 Å². The van der Waals surface area contributed by atoms with Crippen LogP contribution in [0.5, 0.6) is 0 Å². The van der Waals surface area contributed by atoms with Crippen molar-refractivity contribution in [2.45, 2.75) is 57.5 Å². The lowest BCUT2D eigenvalue weighted by Crippen LogP contribution is -2.52. The molecule has 0 radical (unpaired) electrons. The molecule has 2 aliphatic heterocycles. The Balaban J connectivity index is 1.62. The van der Waals surface area contributed by atoms with Crippen LogP contribution in [0.25, 0.3) is 0 Å². The predicted octanol–water partition coefficient (Wildman–Crippen LogP) is 3.28. The smallest absolute Gasteiger partial charge is 0.303 e. The molecule has 3 rings (SSSR count). The number of aliphatic carboxylic acids is 1. The van der Waals surface area contributed by atoms with Gasteiger partial charge in [0, 0.05) is 26.1 Å². The first kappa shape index (κ1) is 19.8. The Morgan fingerprint density at radius 1 is 1.07 bits per heavy atom. The van der Waals surface area contributed by atoms with Crippen LogP contribution < -0.4 is 0 Å². The van der Waals surface area contributed by atoms with Gasteiger partial charge in [0.25, 0.3) is 0 Å². The zero-order valence-corrected chi connectivity index (χ0v) is 15.8. The van der Waals surface area contributed by atoms with E-state index in [0.717, 1.165) is 50.8 Å². The summed E-state index contributed by atoms with van der Waals surface area (Å²) in [7, 11) is 0. The molecule has 148 valence electrons. The number of hydrogen-bond donors (Lipinski definition) is 1. The molecule has 0 bridgehead atoms. The fourth-order valence-corrected chi connectivity index (χ4v) is 4.32. The second-order valence-corrected chi connectivity index (χ2v) is 7.83. The molecule has 1 aromatic rings. The first-order valence-electron chi connectivity index (χ1n) is 10.0. The van der Waals surface area contributed by atoms with Gasteiger partial charge in [0.1, 0.15) is 5.82 Å². The quantitative estimate of drug-likeness (QED) is 0.828. The van der Waals surface area contributed by atoms with Crippen LogP contribution in [0.3, 0.4) is 0 Å². The van der Waals surface area contributed by atoms with Crippen molar-refractivity contribution in [1.82, 2.24) is 9.80 Å². The predicted molar refractivity (Wildman–Crippen MR) is 101 cm³/mol. The first-order chi connectivity index (χ1) is 13.0. The van der Waals surface area contributed by atoms with Gasteiger partial charge in [-0.15, -0.1) is 0 Å². The molecule has 27 heavy (non-hydrogen) atoms. The fourth-order valence-electron chi connectivity index (χ4n) is 4.32. The summed E-state index contributed by atoms with van der Waals surface area (Å²) in [4.78, 5) is 28.2. The average molecular weight is 376 g/mol. The largest absolute Gasteiger partial charge is 0.481 e. The number of carbonyl (C=O) groups is 2. The summed E-state index contributed by atoms with van der Waals surface area (Å²) in [6.07, 6.45) is 5.74. The normalized spacial score (nSPS) is 24.0. The number of hydrogen-bond acceptors (Lipinski definition) is 3. The molecule has 0 spiro atoms. The number of rotatable bonds is 6. The molecule has 2 fully saturated rings. The van der Waals surface area contributed by atoms with E-state index in [1.165, 1.54) is 12.1 Å². The third-order valence-corrected chi connectivity index (χ3v) is 5.79. The summed E-state index contributed by atoms with van der Waals surface area (Å²) in [6, 6.07) is 6.38. The maximum atomic E-state index is 13.2. The van der Waals surface area contributed by atoms with Crippen LogP contribution in [0.4, 0.5) is 4.39 Å². The summed E-state index contributed by atoms with van der Waals surface area (Å²) in [5, 5.41) is 8.90. The van der Waals surface area contributed by atoms with Crippen molar-refractivity contribution in [3.05, 3.63) is 35.6 Å². The molecular formula is C21H29FN2O3. The number of amides is 1. The Morgan fingerprint density at radius 3 is 2.59 bits per heavy atom. The minimum Gasteiger partial charge on any atom is -0.481 e. The maximum Gasteiger partial charge on any atom is 0.303 e. The van der Waals surface area contributed by atoms with E-state index in [4.69, 9.17) is 5.11 Å². The van der Waals surface area contributed by atoms with Gasteiger partial charge in [-0.2, -0.15) is 0 Å². The maximum absolute atomic E-state index is 13.2. The van der Waals surface area contributed by atoms with Gasteiger partial charge in [-0.05, 0) is 62.3 Å². The summed E-state index contributed by atoms with van der Waals surface area (Å²) in [5.74, 6) is -0.549. The molecule has 1 aromatic carbocycles. The van der Waals surface area contributed by atoms with E-state index in [1.54, 1.807) is 12.1 Å². The standard InChI is InChI=1S/C21H29FN2O3/c22-18-9-6-17(7-10-18)14-23-12-2-1-5-19(23)21(27)24-13-3-4-16(15-24)8-11-20(25)26/h6-7,9-10,16,19H,1-5,8,11-15H2,(H,25,26). The average Bonchev–Trinajstić information content (AvgIpc) is 2.68. The number of carbonyl (C=O) groups excluding carboxylic acids is 1. The molecule has 1 amide bonds. The van der Waals surface area contributed by atoms with E-state index in [1.807, 2.05) is 4.90 Å². The summed E-state index contributed by atoms with van der Waals surface area (Å²) >= 11 is 0. The number of carboxylic acids is 1. The number of carboxylic acid groups (broad SMARTS) is 1. The van der Waals surface area contributed by atoms with E-state index in [0.29, 0.717) is 19.5 Å². The van der Waals surface area contributed by atoms with E-state index < -0.39 is 5.97 Å². The summed E-state index contributed by atoms with van der Waals surface area (Å²) < 4.78 is 13.2. The molecule has 1 N–H and O–H groups in total. The lowest BCUT2D eigenvalue weighted by Gasteiger charge is -2.40. The molecule has 6 heteroatoms. The van der Waals surface area contributed by atoms with Crippen LogP contribution in [0.1, 0.15) is 50.5 Å². The van der Waals surface area contributed by atoms with Gasteiger partial charge in [-0.3, -0.25) is 14.5 Å². The number of benzene rings is 1. The van der Waals surface area contributed by atoms with Crippen LogP contribution in [0, 0.1) is 11.7 Å². The van der Waals surface area contributed by atoms with Gasteiger partial charge in [0.15, 0.2) is 0 Å². The number of nitrogens with zero attached hydrogens (tertiary/aromatic N) is 2. The van der Waals surface area contributed by atoms with Gasteiger partial charge < -0.3 is 10.0 Å². The Labute approximate surface area is 160 Å². The minimum absolute atomic E-state index is 0.123. The highest BCUT2D eigenvalue weighted by atomic mass is 19.1. The Hall–Kier alpha value is -1.95. The Bertz CT molecular complexity index is 649. The Kier molecular flexibility index (Phi) is 6.83. The van der Waals surface area contributed by atoms with Crippen molar-refractivity contribution in [3.63, 3.8) is 0 Å². The molecular weight excluding hydrogens is 347 g/mol. The molecule has 2 saturated heterocycles. The van der Waals surface area contributed by atoms with Crippen LogP contribution >= 0.6 is 0 Å².